The zero-order valence-electron chi connectivity index (χ0n) is 10.4. The summed E-state index contributed by atoms with van der Waals surface area (Å²) in [6, 6.07) is 4.42. The van der Waals surface area contributed by atoms with Gasteiger partial charge in [-0.05, 0) is 12.1 Å². The summed E-state index contributed by atoms with van der Waals surface area (Å²) in [5.41, 5.74) is 0.323. The van der Waals surface area contributed by atoms with Crippen molar-refractivity contribution < 1.29 is 12.8 Å². The van der Waals surface area contributed by atoms with Crippen molar-refractivity contribution in [1.29, 1.82) is 0 Å². The van der Waals surface area contributed by atoms with Gasteiger partial charge in [-0.2, -0.15) is 0 Å². The maximum atomic E-state index is 13.7. The van der Waals surface area contributed by atoms with Gasteiger partial charge in [-0.25, -0.2) is 22.9 Å². The fourth-order valence-electron chi connectivity index (χ4n) is 1.55. The van der Waals surface area contributed by atoms with E-state index in [0.29, 0.717) is 15.7 Å². The molecule has 108 valence electrons. The van der Waals surface area contributed by atoms with Crippen LogP contribution in [-0.2, 0) is 16.6 Å². The zero-order valence-corrected chi connectivity index (χ0v) is 12.8. The fourth-order valence-corrected chi connectivity index (χ4v) is 3.27. The van der Waals surface area contributed by atoms with Gasteiger partial charge in [0.25, 0.3) is 0 Å². The average molecular weight is 336 g/mol. The summed E-state index contributed by atoms with van der Waals surface area (Å²) in [5.74, 6) is -0.424. The number of rotatable bonds is 4. The second kappa shape index (κ2) is 5.65. The third kappa shape index (κ3) is 3.26. The van der Waals surface area contributed by atoms with Gasteiger partial charge in [0.15, 0.2) is 9.34 Å². The molecule has 0 radical (unpaired) electrons. The number of hydrogen-bond acceptors (Lipinski definition) is 5. The maximum absolute atomic E-state index is 13.7. The van der Waals surface area contributed by atoms with Gasteiger partial charge in [0.1, 0.15) is 5.82 Å². The van der Waals surface area contributed by atoms with Crippen LogP contribution in [0.1, 0.15) is 5.56 Å². The largest absolute Gasteiger partial charge is 0.347 e. The number of sulfonamides is 1. The molecule has 2 N–H and O–H groups in total. The highest BCUT2D eigenvalue weighted by Gasteiger charge is 2.16. The molecule has 5 nitrogen and oxygen atoms in total. The molecule has 0 unspecified atom stereocenters. The molecular formula is C11H11ClFN3O2S2. The summed E-state index contributed by atoms with van der Waals surface area (Å²) in [7, 11) is -2.11. The second-order valence-corrected chi connectivity index (χ2v) is 7.27. The van der Waals surface area contributed by atoms with Crippen LogP contribution in [0, 0.1) is 5.82 Å². The molecule has 0 atom stereocenters. The molecule has 0 saturated carbocycles. The number of nitrogens with two attached hydrogens (primary N) is 1. The summed E-state index contributed by atoms with van der Waals surface area (Å²) < 4.78 is 36.0. The van der Waals surface area contributed by atoms with Crippen LogP contribution < -0.4 is 10.0 Å². The van der Waals surface area contributed by atoms with Crippen LogP contribution in [0.25, 0.3) is 0 Å². The van der Waals surface area contributed by atoms with Crippen LogP contribution in [0.3, 0.4) is 0 Å². The first-order chi connectivity index (χ1) is 9.29. The van der Waals surface area contributed by atoms with Crippen molar-refractivity contribution in [3.05, 3.63) is 40.8 Å². The number of primary sulfonamides is 1. The van der Waals surface area contributed by atoms with Crippen molar-refractivity contribution in [2.75, 3.05) is 11.9 Å². The molecule has 0 saturated heterocycles. The highest BCUT2D eigenvalue weighted by molar-refractivity contribution is 7.91. The van der Waals surface area contributed by atoms with E-state index in [4.69, 9.17) is 16.7 Å². The number of halogens is 2. The van der Waals surface area contributed by atoms with Crippen molar-refractivity contribution in [3.63, 3.8) is 0 Å². The van der Waals surface area contributed by atoms with E-state index in [-0.39, 0.29) is 10.8 Å². The van der Waals surface area contributed by atoms with Gasteiger partial charge in [0.05, 0.1) is 6.20 Å². The standard InChI is InChI=1S/C11H11ClFN3O2S2/c1-16(6-7-8(12)3-2-4-9(7)13)11-15-5-10(19-11)20(14,17)18/h2-5H,6H2,1H3,(H2,14,17,18). The Labute approximate surface area is 124 Å². The monoisotopic (exact) mass is 335 g/mol. The van der Waals surface area contributed by atoms with E-state index in [2.05, 4.69) is 4.98 Å². The molecule has 0 aliphatic carbocycles. The van der Waals surface area contributed by atoms with E-state index in [0.717, 1.165) is 11.3 Å². The number of benzene rings is 1. The summed E-state index contributed by atoms with van der Waals surface area (Å²) in [5, 5.41) is 5.73. The van der Waals surface area contributed by atoms with E-state index >= 15 is 0 Å². The molecule has 0 bridgehead atoms. The Morgan fingerprint density at radius 2 is 2.20 bits per heavy atom. The van der Waals surface area contributed by atoms with Crippen molar-refractivity contribution in [1.82, 2.24) is 4.98 Å². The number of nitrogens with zero attached hydrogens (tertiary/aromatic N) is 2. The van der Waals surface area contributed by atoms with Gasteiger partial charge in [0, 0.05) is 24.2 Å². The lowest BCUT2D eigenvalue weighted by Gasteiger charge is -2.16. The Kier molecular flexibility index (Phi) is 4.28. The van der Waals surface area contributed by atoms with Gasteiger partial charge in [-0.1, -0.05) is 29.0 Å². The van der Waals surface area contributed by atoms with Crippen LogP contribution in [0.2, 0.25) is 5.02 Å². The molecule has 9 heteroatoms. The minimum absolute atomic E-state index is 0.0426. The van der Waals surface area contributed by atoms with Crippen molar-refractivity contribution in [2.45, 2.75) is 10.8 Å². The molecule has 1 aromatic carbocycles. The molecule has 0 fully saturated rings. The number of aromatic nitrogens is 1. The van der Waals surface area contributed by atoms with E-state index in [1.54, 1.807) is 18.0 Å². The zero-order chi connectivity index (χ0) is 14.9. The predicted octanol–water partition coefficient (Wildman–Crippen LogP) is 2.22. The smallest absolute Gasteiger partial charge is 0.249 e. The Balaban J connectivity index is 2.25. The first-order valence-corrected chi connectivity index (χ1v) is 8.16. The summed E-state index contributed by atoms with van der Waals surface area (Å²) in [6.45, 7) is 0.170. The Morgan fingerprint density at radius 1 is 1.50 bits per heavy atom. The van der Waals surface area contributed by atoms with Crippen LogP contribution in [-0.4, -0.2) is 20.4 Å². The first kappa shape index (κ1) is 15.2. The van der Waals surface area contributed by atoms with Gasteiger partial charge in [-0.15, -0.1) is 0 Å². The highest BCUT2D eigenvalue weighted by Crippen LogP contribution is 2.27. The van der Waals surface area contributed by atoms with Crippen molar-refractivity contribution in [3.8, 4) is 0 Å². The molecule has 2 aromatic rings. The Bertz CT molecular complexity index is 713. The predicted molar refractivity (Wildman–Crippen MR) is 77.0 cm³/mol. The van der Waals surface area contributed by atoms with Crippen molar-refractivity contribution >= 4 is 38.1 Å². The van der Waals surface area contributed by atoms with E-state index in [1.165, 1.54) is 18.3 Å². The van der Waals surface area contributed by atoms with Crippen LogP contribution >= 0.6 is 22.9 Å². The minimum atomic E-state index is -3.78. The maximum Gasteiger partial charge on any atom is 0.249 e. The van der Waals surface area contributed by atoms with E-state index in [1.807, 2.05) is 0 Å². The lowest BCUT2D eigenvalue weighted by molar-refractivity contribution is 0.599. The quantitative estimate of drug-likeness (QED) is 0.929. The molecular weight excluding hydrogens is 325 g/mol. The fraction of sp³-hybridized carbons (Fsp3) is 0.182. The Morgan fingerprint density at radius 3 is 2.75 bits per heavy atom. The van der Waals surface area contributed by atoms with E-state index in [9.17, 15) is 12.8 Å². The molecule has 20 heavy (non-hydrogen) atoms. The topological polar surface area (TPSA) is 76.3 Å². The SMILES string of the molecule is CN(Cc1c(F)cccc1Cl)c1ncc(S(N)(=O)=O)s1. The van der Waals surface area contributed by atoms with Gasteiger partial charge >= 0.3 is 0 Å². The summed E-state index contributed by atoms with van der Waals surface area (Å²) in [6.07, 6.45) is 1.18. The van der Waals surface area contributed by atoms with Crippen molar-refractivity contribution in [2.24, 2.45) is 5.14 Å². The lowest BCUT2D eigenvalue weighted by atomic mass is 10.2. The highest BCUT2D eigenvalue weighted by atomic mass is 35.5. The van der Waals surface area contributed by atoms with E-state index < -0.39 is 15.8 Å². The van der Waals surface area contributed by atoms with Crippen LogP contribution in [0.5, 0.6) is 0 Å². The third-order valence-electron chi connectivity index (χ3n) is 2.54. The minimum Gasteiger partial charge on any atom is -0.347 e. The molecule has 0 aliphatic heterocycles. The number of thiazole rings is 1. The Hall–Kier alpha value is -1.22. The molecule has 0 aliphatic rings. The van der Waals surface area contributed by atoms with Gasteiger partial charge in [-0.3, -0.25) is 0 Å². The molecule has 0 amide bonds. The van der Waals surface area contributed by atoms with Crippen LogP contribution in [0.4, 0.5) is 9.52 Å². The molecule has 1 aromatic heterocycles. The molecule has 1 heterocycles. The first-order valence-electron chi connectivity index (χ1n) is 5.41. The number of hydrogen-bond donors (Lipinski definition) is 1. The lowest BCUT2D eigenvalue weighted by Crippen LogP contribution is -2.17. The summed E-state index contributed by atoms with van der Waals surface area (Å²) >= 11 is 6.85. The van der Waals surface area contributed by atoms with Gasteiger partial charge in [0.2, 0.25) is 10.0 Å². The van der Waals surface area contributed by atoms with Crippen LogP contribution in [0.15, 0.2) is 28.6 Å². The normalized spacial score (nSPS) is 11.6. The summed E-state index contributed by atoms with van der Waals surface area (Å²) in [4.78, 5) is 5.56. The number of anilines is 1. The molecule has 0 spiro atoms. The third-order valence-corrected chi connectivity index (χ3v) is 5.41. The molecule has 2 rings (SSSR count). The second-order valence-electron chi connectivity index (χ2n) is 4.06. The average Bonchev–Trinajstić information content (AvgIpc) is 2.83. The van der Waals surface area contributed by atoms with Gasteiger partial charge < -0.3 is 4.90 Å².